The Labute approximate surface area is 225 Å². The summed E-state index contributed by atoms with van der Waals surface area (Å²) in [5, 5.41) is 0. The molecule has 2 aliphatic rings. The molecule has 8 nitrogen and oxygen atoms in total. The number of ether oxygens (including phenoxy) is 2. The van der Waals surface area contributed by atoms with Crippen molar-refractivity contribution in [2.45, 2.75) is 32.6 Å². The Balaban J connectivity index is 1.18. The van der Waals surface area contributed by atoms with E-state index in [0.717, 1.165) is 18.4 Å². The predicted molar refractivity (Wildman–Crippen MR) is 142 cm³/mol. The van der Waals surface area contributed by atoms with E-state index in [4.69, 9.17) is 9.47 Å². The number of esters is 2. The van der Waals surface area contributed by atoms with E-state index >= 15 is 0 Å². The number of amides is 2. The van der Waals surface area contributed by atoms with Gasteiger partial charge in [0, 0.05) is 5.56 Å². The Bertz CT molecular complexity index is 1420. The summed E-state index contributed by atoms with van der Waals surface area (Å²) in [6.07, 6.45) is 3.25. The highest BCUT2D eigenvalue weighted by atomic mass is 16.5. The van der Waals surface area contributed by atoms with E-state index in [2.05, 4.69) is 0 Å². The van der Waals surface area contributed by atoms with Crippen LogP contribution in [0, 0.1) is 18.8 Å². The molecule has 1 saturated heterocycles. The molecule has 2 atom stereocenters. The SMILES string of the molecule is Cc1ccc(C(=O)Oc2ccc(C(=O)COC(=O)c3cccc(N4C(=O)C5CCCCC5C4=O)c3)cc2)cc1. The number of ketones is 1. The summed E-state index contributed by atoms with van der Waals surface area (Å²) < 4.78 is 10.6. The average molecular weight is 526 g/mol. The van der Waals surface area contributed by atoms with Gasteiger partial charge in [0.2, 0.25) is 11.8 Å². The van der Waals surface area contributed by atoms with Crippen LogP contribution in [0.3, 0.4) is 0 Å². The molecular formula is C31H27NO7. The van der Waals surface area contributed by atoms with Crippen molar-refractivity contribution in [1.29, 1.82) is 0 Å². The smallest absolute Gasteiger partial charge is 0.343 e. The van der Waals surface area contributed by atoms with Gasteiger partial charge < -0.3 is 9.47 Å². The minimum absolute atomic E-state index is 0.133. The van der Waals surface area contributed by atoms with E-state index in [1.54, 1.807) is 24.3 Å². The van der Waals surface area contributed by atoms with Gasteiger partial charge in [-0.15, -0.1) is 0 Å². The molecule has 5 rings (SSSR count). The second-order valence-corrected chi connectivity index (χ2v) is 9.84. The van der Waals surface area contributed by atoms with Crippen LogP contribution in [0.5, 0.6) is 5.75 Å². The van der Waals surface area contributed by atoms with Crippen LogP contribution < -0.4 is 9.64 Å². The molecule has 1 aliphatic carbocycles. The zero-order chi connectivity index (χ0) is 27.5. The van der Waals surface area contributed by atoms with Gasteiger partial charge in [0.1, 0.15) is 5.75 Å². The lowest BCUT2D eigenvalue weighted by atomic mass is 9.81. The second-order valence-electron chi connectivity index (χ2n) is 9.84. The quantitative estimate of drug-likeness (QED) is 0.186. The number of benzene rings is 3. The van der Waals surface area contributed by atoms with Gasteiger partial charge in [0.05, 0.1) is 28.7 Å². The minimum atomic E-state index is -0.745. The van der Waals surface area contributed by atoms with Crippen molar-refractivity contribution in [1.82, 2.24) is 0 Å². The van der Waals surface area contributed by atoms with Crippen LogP contribution in [0.4, 0.5) is 5.69 Å². The van der Waals surface area contributed by atoms with Gasteiger partial charge in [0.15, 0.2) is 12.4 Å². The molecule has 3 aromatic rings. The maximum atomic E-state index is 12.9. The lowest BCUT2D eigenvalue weighted by Crippen LogP contribution is -2.31. The number of carbonyl (C=O) groups is 5. The molecule has 1 saturated carbocycles. The van der Waals surface area contributed by atoms with E-state index in [1.165, 1.54) is 41.3 Å². The number of aryl methyl sites for hydroxylation is 1. The Hall–Kier alpha value is -4.59. The van der Waals surface area contributed by atoms with Gasteiger partial charge in [-0.25, -0.2) is 9.59 Å². The molecule has 3 aromatic carbocycles. The largest absolute Gasteiger partial charge is 0.454 e. The molecule has 8 heteroatoms. The van der Waals surface area contributed by atoms with E-state index in [0.29, 0.717) is 24.1 Å². The van der Waals surface area contributed by atoms with E-state index in [9.17, 15) is 24.0 Å². The van der Waals surface area contributed by atoms with Crippen LogP contribution in [0.25, 0.3) is 0 Å². The highest BCUT2D eigenvalue weighted by molar-refractivity contribution is 6.22. The first-order valence-electron chi connectivity index (χ1n) is 12.9. The molecule has 0 radical (unpaired) electrons. The molecule has 0 aromatic heterocycles. The molecule has 0 N–H and O–H groups in total. The van der Waals surface area contributed by atoms with Crippen LogP contribution in [0.15, 0.2) is 72.8 Å². The highest BCUT2D eigenvalue weighted by Gasteiger charge is 2.48. The monoisotopic (exact) mass is 525 g/mol. The molecule has 39 heavy (non-hydrogen) atoms. The predicted octanol–water partition coefficient (Wildman–Crippen LogP) is 4.93. The molecule has 1 heterocycles. The van der Waals surface area contributed by atoms with Crippen LogP contribution >= 0.6 is 0 Å². The summed E-state index contributed by atoms with van der Waals surface area (Å²) in [5.74, 6) is -2.46. The number of nitrogens with zero attached hydrogens (tertiary/aromatic N) is 1. The standard InChI is InChI=1S/C31H27NO7/c1-19-9-11-21(12-10-19)31(37)39-24-15-13-20(14-16-24)27(33)18-38-30(36)22-5-4-6-23(17-22)32-28(34)25-7-2-3-8-26(25)29(32)35/h4-6,9-17,25-26H,2-3,7-8,18H2,1H3. The van der Waals surface area contributed by atoms with Crippen molar-refractivity contribution in [3.8, 4) is 5.75 Å². The third kappa shape index (κ3) is 5.50. The third-order valence-electron chi connectivity index (χ3n) is 7.19. The average Bonchev–Trinajstić information content (AvgIpc) is 3.21. The van der Waals surface area contributed by atoms with E-state index in [-0.39, 0.29) is 40.5 Å². The summed E-state index contributed by atoms with van der Waals surface area (Å²) >= 11 is 0. The Kier molecular flexibility index (Phi) is 7.36. The van der Waals surface area contributed by atoms with Crippen molar-refractivity contribution in [2.24, 2.45) is 11.8 Å². The second kappa shape index (κ2) is 11.0. The summed E-state index contributed by atoms with van der Waals surface area (Å²) in [4.78, 5) is 64.5. The highest BCUT2D eigenvalue weighted by Crippen LogP contribution is 2.40. The van der Waals surface area contributed by atoms with Gasteiger partial charge in [-0.2, -0.15) is 0 Å². The van der Waals surface area contributed by atoms with E-state index < -0.39 is 24.3 Å². The fraction of sp³-hybridized carbons (Fsp3) is 0.258. The molecule has 0 spiro atoms. The van der Waals surface area contributed by atoms with E-state index in [1.807, 2.05) is 19.1 Å². The van der Waals surface area contributed by atoms with Crippen LogP contribution in [-0.2, 0) is 14.3 Å². The first kappa shape index (κ1) is 26.0. The topological polar surface area (TPSA) is 107 Å². The maximum absolute atomic E-state index is 12.9. The third-order valence-corrected chi connectivity index (χ3v) is 7.19. The number of rotatable bonds is 7. The molecule has 2 amide bonds. The fourth-order valence-electron chi connectivity index (χ4n) is 5.05. The number of Topliss-reactive ketones (excluding diaryl/α,β-unsaturated/α-hetero) is 1. The van der Waals surface area contributed by atoms with Crippen molar-refractivity contribution in [3.05, 3.63) is 95.1 Å². The number of anilines is 1. The van der Waals surface area contributed by atoms with Crippen molar-refractivity contribution in [3.63, 3.8) is 0 Å². The number of hydrogen-bond acceptors (Lipinski definition) is 7. The molecular weight excluding hydrogens is 498 g/mol. The van der Waals surface area contributed by atoms with Gasteiger partial charge in [0.25, 0.3) is 0 Å². The summed E-state index contributed by atoms with van der Waals surface area (Å²) in [6, 6.07) is 19.1. The number of fused-ring (bicyclic) bond motifs is 1. The van der Waals surface area contributed by atoms with Crippen LogP contribution in [0.2, 0.25) is 0 Å². The minimum Gasteiger partial charge on any atom is -0.454 e. The van der Waals surface area contributed by atoms with Crippen molar-refractivity contribution >= 4 is 35.2 Å². The number of carbonyl (C=O) groups excluding carboxylic acids is 5. The summed E-state index contributed by atoms with van der Waals surface area (Å²) in [5.41, 5.74) is 2.18. The van der Waals surface area contributed by atoms with Crippen LogP contribution in [0.1, 0.15) is 62.3 Å². The van der Waals surface area contributed by atoms with Gasteiger partial charge >= 0.3 is 11.9 Å². The molecule has 2 fully saturated rings. The van der Waals surface area contributed by atoms with Gasteiger partial charge in [-0.05, 0) is 74.4 Å². The zero-order valence-electron chi connectivity index (χ0n) is 21.4. The normalized spacial score (nSPS) is 18.4. The molecule has 2 unspecified atom stereocenters. The molecule has 1 aliphatic heterocycles. The zero-order valence-corrected chi connectivity index (χ0v) is 21.4. The maximum Gasteiger partial charge on any atom is 0.343 e. The molecule has 198 valence electrons. The molecule has 0 bridgehead atoms. The number of imide groups is 1. The first-order chi connectivity index (χ1) is 18.8. The summed E-state index contributed by atoms with van der Waals surface area (Å²) in [7, 11) is 0. The lowest BCUT2D eigenvalue weighted by molar-refractivity contribution is -0.122. The van der Waals surface area contributed by atoms with Gasteiger partial charge in [-0.1, -0.05) is 36.6 Å². The summed E-state index contributed by atoms with van der Waals surface area (Å²) in [6.45, 7) is 1.42. The van der Waals surface area contributed by atoms with Crippen molar-refractivity contribution < 1.29 is 33.4 Å². The van der Waals surface area contributed by atoms with Crippen molar-refractivity contribution in [2.75, 3.05) is 11.5 Å². The number of hydrogen-bond donors (Lipinski definition) is 0. The Morgan fingerprint density at radius 1 is 0.769 bits per heavy atom. The Morgan fingerprint density at radius 3 is 2.03 bits per heavy atom. The lowest BCUT2D eigenvalue weighted by Gasteiger charge is -2.19. The first-order valence-corrected chi connectivity index (χ1v) is 12.9. The fourth-order valence-corrected chi connectivity index (χ4v) is 5.05. The Morgan fingerprint density at radius 2 is 1.38 bits per heavy atom. The van der Waals surface area contributed by atoms with Gasteiger partial charge in [-0.3, -0.25) is 19.3 Å². The van der Waals surface area contributed by atoms with Crippen LogP contribution in [-0.4, -0.2) is 36.1 Å².